The SMILES string of the molecule is C#C[C@H](N)Oc1c2n(cc(C(=O)NCc3ccc(F)cc3F)c1=O)C[C@H]1OC[C@H](C)N1C2=O. The second-order valence-corrected chi connectivity index (χ2v) is 7.67. The fourth-order valence-corrected chi connectivity index (χ4v) is 3.83. The van der Waals surface area contributed by atoms with Crippen molar-refractivity contribution in [3.63, 3.8) is 0 Å². The van der Waals surface area contributed by atoms with Crippen LogP contribution in [0.3, 0.4) is 0 Å². The zero-order valence-corrected chi connectivity index (χ0v) is 17.5. The maximum absolute atomic E-state index is 13.9. The van der Waals surface area contributed by atoms with Crippen LogP contribution >= 0.6 is 0 Å². The van der Waals surface area contributed by atoms with E-state index in [2.05, 4.69) is 11.2 Å². The number of nitrogens with one attached hydrogen (secondary N) is 1. The van der Waals surface area contributed by atoms with E-state index in [-0.39, 0.29) is 36.0 Å². The van der Waals surface area contributed by atoms with E-state index in [9.17, 15) is 23.2 Å². The first-order valence-electron chi connectivity index (χ1n) is 10.0. The highest BCUT2D eigenvalue weighted by atomic mass is 19.1. The lowest BCUT2D eigenvalue weighted by atomic mass is 10.1. The fraction of sp³-hybridized carbons (Fsp3) is 0.318. The summed E-state index contributed by atoms with van der Waals surface area (Å²) < 4.78 is 39.4. The first kappa shape index (κ1) is 22.4. The molecule has 33 heavy (non-hydrogen) atoms. The molecule has 2 amide bonds. The molecular weight excluding hydrogens is 438 g/mol. The average Bonchev–Trinajstić information content (AvgIpc) is 3.15. The van der Waals surface area contributed by atoms with Crippen LogP contribution in [-0.2, 0) is 17.8 Å². The minimum Gasteiger partial charge on any atom is -0.458 e. The number of terminal acetylenes is 1. The van der Waals surface area contributed by atoms with Crippen molar-refractivity contribution in [3.8, 4) is 18.1 Å². The van der Waals surface area contributed by atoms with Gasteiger partial charge in [-0.1, -0.05) is 6.07 Å². The van der Waals surface area contributed by atoms with Crippen LogP contribution in [0.25, 0.3) is 0 Å². The van der Waals surface area contributed by atoms with Crippen LogP contribution < -0.4 is 21.2 Å². The number of nitrogens with zero attached hydrogens (tertiary/aromatic N) is 2. The number of aromatic nitrogens is 1. The van der Waals surface area contributed by atoms with Gasteiger partial charge in [-0.05, 0) is 18.9 Å². The molecule has 0 spiro atoms. The van der Waals surface area contributed by atoms with Gasteiger partial charge in [0.25, 0.3) is 11.8 Å². The van der Waals surface area contributed by atoms with Gasteiger partial charge in [0.2, 0.25) is 11.7 Å². The molecule has 2 aromatic rings. The smallest absolute Gasteiger partial charge is 0.276 e. The van der Waals surface area contributed by atoms with Gasteiger partial charge in [0, 0.05) is 24.4 Å². The molecule has 3 heterocycles. The van der Waals surface area contributed by atoms with E-state index in [1.165, 1.54) is 21.7 Å². The van der Waals surface area contributed by atoms with Crippen molar-refractivity contribution < 1.29 is 27.8 Å². The van der Waals surface area contributed by atoms with E-state index in [4.69, 9.17) is 21.6 Å². The van der Waals surface area contributed by atoms with Gasteiger partial charge in [-0.15, -0.1) is 6.42 Å². The molecule has 9 nitrogen and oxygen atoms in total. The lowest BCUT2D eigenvalue weighted by Crippen LogP contribution is -2.49. The van der Waals surface area contributed by atoms with Crippen molar-refractivity contribution in [2.24, 2.45) is 5.73 Å². The number of nitrogens with two attached hydrogens (primary N) is 1. The van der Waals surface area contributed by atoms with E-state index >= 15 is 0 Å². The van der Waals surface area contributed by atoms with Gasteiger partial charge in [-0.2, -0.15) is 0 Å². The van der Waals surface area contributed by atoms with Gasteiger partial charge in [-0.3, -0.25) is 20.1 Å². The molecule has 0 unspecified atom stereocenters. The number of carbonyl (C=O) groups is 2. The van der Waals surface area contributed by atoms with Crippen LogP contribution in [0.1, 0.15) is 33.3 Å². The van der Waals surface area contributed by atoms with E-state index in [0.29, 0.717) is 12.7 Å². The third-order valence-corrected chi connectivity index (χ3v) is 5.45. The molecule has 1 fully saturated rings. The summed E-state index contributed by atoms with van der Waals surface area (Å²) in [5.74, 6) is -1.33. The number of ether oxygens (including phenoxy) is 2. The molecule has 3 atom stereocenters. The number of halogens is 2. The normalized spacial score (nSPS) is 20.0. The minimum atomic E-state index is -1.34. The molecule has 1 aromatic carbocycles. The number of amides is 2. The summed E-state index contributed by atoms with van der Waals surface area (Å²) in [5, 5.41) is 2.41. The van der Waals surface area contributed by atoms with Crippen molar-refractivity contribution in [2.75, 3.05) is 6.61 Å². The Balaban J connectivity index is 1.71. The second kappa shape index (κ2) is 8.65. The van der Waals surface area contributed by atoms with Crippen LogP contribution in [-0.4, -0.2) is 46.4 Å². The minimum absolute atomic E-state index is 0.0211. The summed E-state index contributed by atoms with van der Waals surface area (Å²) >= 11 is 0. The molecule has 0 aliphatic carbocycles. The number of hydrogen-bond donors (Lipinski definition) is 2. The van der Waals surface area contributed by atoms with Crippen LogP contribution in [0, 0.1) is 24.0 Å². The van der Waals surface area contributed by atoms with Crippen LogP contribution in [0.15, 0.2) is 29.2 Å². The number of carbonyl (C=O) groups excluding carboxylic acids is 2. The molecule has 3 N–H and O–H groups in total. The molecule has 2 aliphatic rings. The number of benzene rings is 1. The van der Waals surface area contributed by atoms with Crippen molar-refractivity contribution >= 4 is 11.8 Å². The molecule has 172 valence electrons. The zero-order chi connectivity index (χ0) is 23.9. The molecule has 0 bridgehead atoms. The lowest BCUT2D eigenvalue weighted by molar-refractivity contribution is 0.00597. The molecular formula is C22H20F2N4O5. The van der Waals surface area contributed by atoms with Crippen molar-refractivity contribution in [3.05, 3.63) is 63.1 Å². The average molecular weight is 458 g/mol. The summed E-state index contributed by atoms with van der Waals surface area (Å²) in [4.78, 5) is 40.6. The third-order valence-electron chi connectivity index (χ3n) is 5.45. The molecule has 0 radical (unpaired) electrons. The maximum atomic E-state index is 13.9. The Morgan fingerprint density at radius 2 is 2.18 bits per heavy atom. The molecule has 1 saturated heterocycles. The van der Waals surface area contributed by atoms with Gasteiger partial charge >= 0.3 is 0 Å². The Bertz CT molecular complexity index is 1240. The first-order chi connectivity index (χ1) is 15.7. The number of fused-ring (bicyclic) bond motifs is 2. The van der Waals surface area contributed by atoms with E-state index in [1.807, 2.05) is 0 Å². The maximum Gasteiger partial charge on any atom is 0.276 e. The third kappa shape index (κ3) is 4.06. The van der Waals surface area contributed by atoms with Crippen LogP contribution in [0.4, 0.5) is 8.78 Å². The molecule has 0 saturated carbocycles. The highest BCUT2D eigenvalue weighted by Crippen LogP contribution is 2.30. The first-order valence-corrected chi connectivity index (χ1v) is 10.0. The lowest BCUT2D eigenvalue weighted by Gasteiger charge is -2.34. The van der Waals surface area contributed by atoms with E-state index in [0.717, 1.165) is 6.07 Å². The van der Waals surface area contributed by atoms with E-state index in [1.54, 1.807) is 6.92 Å². The van der Waals surface area contributed by atoms with Crippen molar-refractivity contribution in [1.82, 2.24) is 14.8 Å². The van der Waals surface area contributed by atoms with Gasteiger partial charge in [0.05, 0.1) is 19.2 Å². The Morgan fingerprint density at radius 1 is 1.42 bits per heavy atom. The Hall–Kier alpha value is -3.75. The number of rotatable bonds is 5. The Morgan fingerprint density at radius 3 is 2.88 bits per heavy atom. The fourth-order valence-electron chi connectivity index (χ4n) is 3.83. The standard InChI is InChI=1S/C22H20F2N4O5/c1-3-16(25)33-20-18-22(31)28-11(2)10-32-17(28)9-27(18)8-14(19(20)29)21(30)26-7-12-4-5-13(23)6-15(12)24/h1,4-6,8,11,16-17H,7,9-10,25H2,2H3,(H,26,30)/t11-,16+,17+/m0/s1. The highest BCUT2D eigenvalue weighted by molar-refractivity contribution is 5.99. The Kier molecular flexibility index (Phi) is 5.88. The predicted octanol–water partition coefficient (Wildman–Crippen LogP) is 0.554. The monoisotopic (exact) mass is 458 g/mol. The number of pyridine rings is 1. The molecule has 11 heteroatoms. The highest BCUT2D eigenvalue weighted by Gasteiger charge is 2.43. The van der Waals surface area contributed by atoms with Crippen molar-refractivity contribution in [1.29, 1.82) is 0 Å². The topological polar surface area (TPSA) is 116 Å². The van der Waals surface area contributed by atoms with Crippen LogP contribution in [0.2, 0.25) is 0 Å². The van der Waals surface area contributed by atoms with Gasteiger partial charge < -0.3 is 24.3 Å². The summed E-state index contributed by atoms with van der Waals surface area (Å²) in [7, 11) is 0. The second-order valence-electron chi connectivity index (χ2n) is 7.67. The van der Waals surface area contributed by atoms with Crippen LogP contribution in [0.5, 0.6) is 5.75 Å². The predicted molar refractivity (Wildman–Crippen MR) is 111 cm³/mol. The zero-order valence-electron chi connectivity index (χ0n) is 17.5. The summed E-state index contributed by atoms with van der Waals surface area (Å²) in [6.07, 6.45) is 4.55. The van der Waals surface area contributed by atoms with Gasteiger partial charge in [0.1, 0.15) is 17.2 Å². The summed E-state index contributed by atoms with van der Waals surface area (Å²) in [6, 6.07) is 2.68. The molecule has 1 aromatic heterocycles. The quantitative estimate of drug-likeness (QED) is 0.500. The summed E-state index contributed by atoms with van der Waals surface area (Å²) in [5.41, 5.74) is 4.30. The molecule has 4 rings (SSSR count). The Labute approximate surface area is 187 Å². The molecule has 2 aliphatic heterocycles. The van der Waals surface area contributed by atoms with Gasteiger partial charge in [-0.25, -0.2) is 8.78 Å². The van der Waals surface area contributed by atoms with Crippen molar-refractivity contribution in [2.45, 2.75) is 38.5 Å². The van der Waals surface area contributed by atoms with Gasteiger partial charge in [0.15, 0.2) is 17.7 Å². The number of hydrogen-bond acceptors (Lipinski definition) is 6. The van der Waals surface area contributed by atoms with E-state index < -0.39 is 47.1 Å². The summed E-state index contributed by atoms with van der Waals surface area (Å²) in [6.45, 7) is 1.95. The largest absolute Gasteiger partial charge is 0.458 e.